The Bertz CT molecular complexity index is 254. The molecule has 0 aliphatic carbocycles. The molecule has 1 heterocycles. The molecule has 1 aliphatic rings. The Labute approximate surface area is 85.1 Å². The molecule has 0 aromatic heterocycles. The van der Waals surface area contributed by atoms with E-state index in [1.807, 2.05) is 13.8 Å². The van der Waals surface area contributed by atoms with Crippen molar-refractivity contribution in [3.63, 3.8) is 0 Å². The second kappa shape index (κ2) is 3.63. The summed E-state index contributed by atoms with van der Waals surface area (Å²) in [6.45, 7) is 4.54. The lowest BCUT2D eigenvalue weighted by Crippen LogP contribution is -2.43. The third-order valence-corrected chi connectivity index (χ3v) is 3.01. The van der Waals surface area contributed by atoms with E-state index in [-0.39, 0.29) is 5.91 Å². The van der Waals surface area contributed by atoms with E-state index < -0.39 is 5.54 Å². The summed E-state index contributed by atoms with van der Waals surface area (Å²) in [4.78, 5) is 13.3. The maximum atomic E-state index is 11.5. The van der Waals surface area contributed by atoms with Crippen LogP contribution in [0, 0.1) is 18.3 Å². The normalized spacial score (nSPS) is 23.4. The number of rotatable bonds is 2. The number of likely N-dealkylation sites (tertiary alicyclic amines) is 1. The van der Waals surface area contributed by atoms with E-state index in [1.165, 1.54) is 0 Å². The molecule has 3 heteroatoms. The van der Waals surface area contributed by atoms with Gasteiger partial charge < -0.3 is 4.90 Å². The van der Waals surface area contributed by atoms with E-state index >= 15 is 0 Å². The van der Waals surface area contributed by atoms with Gasteiger partial charge in [-0.15, -0.1) is 6.42 Å². The monoisotopic (exact) mass is 197 g/mol. The average molecular weight is 197 g/mol. The van der Waals surface area contributed by atoms with Gasteiger partial charge in [0.15, 0.2) is 0 Å². The summed E-state index contributed by atoms with van der Waals surface area (Å²) in [5.41, 5.74) is -0.450. The number of nitrogens with zero attached hydrogens (tertiary/aromatic N) is 1. The van der Waals surface area contributed by atoms with Crippen LogP contribution in [0.5, 0.6) is 0 Å². The van der Waals surface area contributed by atoms with Crippen LogP contribution in [0.2, 0.25) is 0 Å². The minimum atomic E-state index is -0.450. The largest absolute Gasteiger partial charge is 0.326 e. The number of thiol groups is 1. The SMILES string of the molecule is C#CC(C)(C)N1CC(CS)CC1=O. The first-order valence-electron chi connectivity index (χ1n) is 4.40. The van der Waals surface area contributed by atoms with Crippen molar-refractivity contribution in [1.82, 2.24) is 4.90 Å². The van der Waals surface area contributed by atoms with Gasteiger partial charge in [-0.3, -0.25) is 4.79 Å². The molecule has 1 rings (SSSR count). The van der Waals surface area contributed by atoms with Gasteiger partial charge in [0.1, 0.15) is 0 Å². The van der Waals surface area contributed by atoms with Gasteiger partial charge in [0.05, 0.1) is 5.54 Å². The fraction of sp³-hybridized carbons (Fsp3) is 0.700. The van der Waals surface area contributed by atoms with Gasteiger partial charge in [-0.05, 0) is 25.5 Å². The van der Waals surface area contributed by atoms with Crippen LogP contribution in [0.3, 0.4) is 0 Å². The van der Waals surface area contributed by atoms with E-state index in [1.54, 1.807) is 4.90 Å². The van der Waals surface area contributed by atoms with Crippen LogP contribution >= 0.6 is 12.6 Å². The first-order valence-corrected chi connectivity index (χ1v) is 5.03. The second-order valence-electron chi connectivity index (χ2n) is 3.96. The van der Waals surface area contributed by atoms with Gasteiger partial charge in [-0.25, -0.2) is 0 Å². The summed E-state index contributed by atoms with van der Waals surface area (Å²) in [5.74, 6) is 3.91. The number of terminal acetylenes is 1. The maximum absolute atomic E-state index is 11.5. The Morgan fingerprint density at radius 1 is 1.77 bits per heavy atom. The van der Waals surface area contributed by atoms with Crippen molar-refractivity contribution in [1.29, 1.82) is 0 Å². The van der Waals surface area contributed by atoms with Gasteiger partial charge in [-0.1, -0.05) is 5.92 Å². The van der Waals surface area contributed by atoms with Crippen LogP contribution in [-0.2, 0) is 4.79 Å². The highest BCUT2D eigenvalue weighted by Gasteiger charge is 2.36. The van der Waals surface area contributed by atoms with Crippen LogP contribution in [0.25, 0.3) is 0 Å². The first kappa shape index (κ1) is 10.5. The number of hydrogen-bond donors (Lipinski definition) is 1. The maximum Gasteiger partial charge on any atom is 0.224 e. The Balaban J connectivity index is 2.74. The molecule has 1 amide bonds. The minimum Gasteiger partial charge on any atom is -0.326 e. The van der Waals surface area contributed by atoms with E-state index in [0.717, 1.165) is 12.3 Å². The van der Waals surface area contributed by atoms with Gasteiger partial charge in [0, 0.05) is 13.0 Å². The standard InChI is InChI=1S/C10H15NOS/c1-4-10(2,3)11-6-8(7-13)5-9(11)12/h1,8,13H,5-7H2,2-3H3. The van der Waals surface area contributed by atoms with Crippen molar-refractivity contribution >= 4 is 18.5 Å². The summed E-state index contributed by atoms with van der Waals surface area (Å²) >= 11 is 4.19. The molecule has 1 unspecified atom stereocenters. The molecule has 72 valence electrons. The van der Waals surface area contributed by atoms with E-state index in [9.17, 15) is 4.79 Å². The predicted molar refractivity (Wildman–Crippen MR) is 56.6 cm³/mol. The smallest absolute Gasteiger partial charge is 0.224 e. The second-order valence-corrected chi connectivity index (χ2v) is 4.33. The Hall–Kier alpha value is -0.620. The van der Waals surface area contributed by atoms with Gasteiger partial charge in [-0.2, -0.15) is 12.6 Å². The number of amides is 1. The lowest BCUT2D eigenvalue weighted by molar-refractivity contribution is -0.130. The molecule has 0 spiro atoms. The third-order valence-electron chi connectivity index (χ3n) is 2.49. The van der Waals surface area contributed by atoms with Crippen LogP contribution in [0.4, 0.5) is 0 Å². The zero-order valence-electron chi connectivity index (χ0n) is 8.08. The van der Waals surface area contributed by atoms with Crippen molar-refractivity contribution in [2.24, 2.45) is 5.92 Å². The highest BCUT2D eigenvalue weighted by Crippen LogP contribution is 2.25. The molecule has 0 saturated carbocycles. The molecular weight excluding hydrogens is 182 g/mol. The molecule has 1 saturated heterocycles. The van der Waals surface area contributed by atoms with Crippen molar-refractivity contribution in [3.05, 3.63) is 0 Å². The molecule has 0 radical (unpaired) electrons. The summed E-state index contributed by atoms with van der Waals surface area (Å²) in [6.07, 6.45) is 5.96. The van der Waals surface area contributed by atoms with Crippen molar-refractivity contribution in [2.45, 2.75) is 25.8 Å². The third kappa shape index (κ3) is 2.00. The highest BCUT2D eigenvalue weighted by atomic mass is 32.1. The summed E-state index contributed by atoms with van der Waals surface area (Å²) in [6, 6.07) is 0. The fourth-order valence-corrected chi connectivity index (χ4v) is 1.77. The summed E-state index contributed by atoms with van der Waals surface area (Å²) < 4.78 is 0. The van der Waals surface area contributed by atoms with Crippen LogP contribution < -0.4 is 0 Å². The molecule has 0 aromatic carbocycles. The molecule has 1 atom stereocenters. The Morgan fingerprint density at radius 2 is 2.38 bits per heavy atom. The molecular formula is C10H15NOS. The summed E-state index contributed by atoms with van der Waals surface area (Å²) in [5, 5.41) is 0. The highest BCUT2D eigenvalue weighted by molar-refractivity contribution is 7.80. The van der Waals surface area contributed by atoms with E-state index in [2.05, 4.69) is 18.5 Å². The minimum absolute atomic E-state index is 0.155. The van der Waals surface area contributed by atoms with Crippen LogP contribution in [-0.4, -0.2) is 28.6 Å². The predicted octanol–water partition coefficient (Wildman–Crippen LogP) is 1.18. The molecule has 0 bridgehead atoms. The quantitative estimate of drug-likeness (QED) is 0.520. The van der Waals surface area contributed by atoms with Crippen LogP contribution in [0.1, 0.15) is 20.3 Å². The average Bonchev–Trinajstić information content (AvgIpc) is 2.47. The van der Waals surface area contributed by atoms with Gasteiger partial charge in [0.2, 0.25) is 5.91 Å². The zero-order valence-corrected chi connectivity index (χ0v) is 8.97. The number of carbonyl (C=O) groups excluding carboxylic acids is 1. The number of hydrogen-bond acceptors (Lipinski definition) is 2. The molecule has 2 nitrogen and oxygen atoms in total. The molecule has 1 fully saturated rings. The molecule has 0 aromatic rings. The van der Waals surface area contributed by atoms with Gasteiger partial charge >= 0.3 is 0 Å². The lowest BCUT2D eigenvalue weighted by atomic mass is 10.1. The fourth-order valence-electron chi connectivity index (χ4n) is 1.52. The topological polar surface area (TPSA) is 20.3 Å². The van der Waals surface area contributed by atoms with Crippen molar-refractivity contribution in [3.8, 4) is 12.3 Å². The molecule has 1 aliphatic heterocycles. The Morgan fingerprint density at radius 3 is 2.77 bits per heavy atom. The lowest BCUT2D eigenvalue weighted by Gasteiger charge is -2.30. The number of carbonyl (C=O) groups is 1. The van der Waals surface area contributed by atoms with E-state index in [0.29, 0.717) is 12.3 Å². The van der Waals surface area contributed by atoms with Gasteiger partial charge in [0.25, 0.3) is 0 Å². The van der Waals surface area contributed by atoms with E-state index in [4.69, 9.17) is 6.42 Å². The zero-order chi connectivity index (χ0) is 10.1. The van der Waals surface area contributed by atoms with Crippen LogP contribution in [0.15, 0.2) is 0 Å². The Kier molecular flexibility index (Phi) is 2.92. The van der Waals surface area contributed by atoms with Crippen molar-refractivity contribution in [2.75, 3.05) is 12.3 Å². The molecule has 13 heavy (non-hydrogen) atoms. The first-order chi connectivity index (χ1) is 6.01. The molecule has 0 N–H and O–H groups in total. The van der Waals surface area contributed by atoms with Crippen molar-refractivity contribution < 1.29 is 4.79 Å². The summed E-state index contributed by atoms with van der Waals surface area (Å²) in [7, 11) is 0.